The molecule has 2 N–H and O–H groups in total. The van der Waals surface area contributed by atoms with Crippen molar-refractivity contribution in [3.8, 4) is 5.88 Å². The maximum Gasteiger partial charge on any atom is 0.226 e. The van der Waals surface area contributed by atoms with Crippen LogP contribution in [0.25, 0.3) is 0 Å². The number of aryl methyl sites for hydroxylation is 1. The summed E-state index contributed by atoms with van der Waals surface area (Å²) in [7, 11) is 0. The van der Waals surface area contributed by atoms with E-state index in [2.05, 4.69) is 22.2 Å². The minimum atomic E-state index is 0.0621. The summed E-state index contributed by atoms with van der Waals surface area (Å²) in [4.78, 5) is 8.57. The molecule has 1 rings (SSSR count). The Kier molecular flexibility index (Phi) is 7.84. The first-order valence-electron chi connectivity index (χ1n) is 6.67. The number of rotatable bonds is 10. The largest absolute Gasteiger partial charge is 0.478 e. The van der Waals surface area contributed by atoms with E-state index in [0.717, 1.165) is 25.1 Å². The highest BCUT2D eigenvalue weighted by molar-refractivity contribution is 5.30. The Morgan fingerprint density at radius 1 is 1.26 bits per heavy atom. The van der Waals surface area contributed by atoms with Crippen LogP contribution < -0.4 is 10.1 Å². The average molecular weight is 269 g/mol. The molecule has 0 saturated heterocycles. The predicted octanol–water partition coefficient (Wildman–Crippen LogP) is 1.38. The molecule has 0 amide bonds. The molecule has 108 valence electrons. The van der Waals surface area contributed by atoms with E-state index < -0.39 is 0 Å². The Bertz CT molecular complexity index is 361. The van der Waals surface area contributed by atoms with Crippen molar-refractivity contribution in [3.63, 3.8) is 0 Å². The number of hydrogen-bond acceptors (Lipinski definition) is 6. The fourth-order valence-corrected chi connectivity index (χ4v) is 1.44. The van der Waals surface area contributed by atoms with Gasteiger partial charge >= 0.3 is 0 Å². The summed E-state index contributed by atoms with van der Waals surface area (Å²) in [5, 5.41) is 11.7. The Labute approximate surface area is 114 Å². The highest BCUT2D eigenvalue weighted by Gasteiger charge is 2.02. The zero-order chi connectivity index (χ0) is 13.9. The van der Waals surface area contributed by atoms with Crippen molar-refractivity contribution in [2.24, 2.45) is 0 Å². The van der Waals surface area contributed by atoms with E-state index in [1.807, 2.05) is 13.0 Å². The molecule has 0 aliphatic carbocycles. The topological polar surface area (TPSA) is 76.5 Å². The third-order valence-corrected chi connectivity index (χ3v) is 2.27. The average Bonchev–Trinajstić information content (AvgIpc) is 2.40. The lowest BCUT2D eigenvalue weighted by Crippen LogP contribution is -2.10. The van der Waals surface area contributed by atoms with Gasteiger partial charge in [-0.1, -0.05) is 6.92 Å². The van der Waals surface area contributed by atoms with Crippen LogP contribution in [0.2, 0.25) is 0 Å². The Hall–Kier alpha value is -1.40. The van der Waals surface area contributed by atoms with E-state index in [4.69, 9.17) is 14.6 Å². The molecule has 6 nitrogen and oxygen atoms in total. The van der Waals surface area contributed by atoms with Gasteiger partial charge in [-0.25, -0.2) is 4.98 Å². The smallest absolute Gasteiger partial charge is 0.226 e. The third kappa shape index (κ3) is 6.93. The van der Waals surface area contributed by atoms with Gasteiger partial charge in [0.15, 0.2) is 0 Å². The van der Waals surface area contributed by atoms with E-state index in [0.29, 0.717) is 31.6 Å². The molecule has 6 heteroatoms. The highest BCUT2D eigenvalue weighted by atomic mass is 16.5. The van der Waals surface area contributed by atoms with Crippen molar-refractivity contribution in [2.75, 3.05) is 38.3 Å². The van der Waals surface area contributed by atoms with Crippen molar-refractivity contribution in [1.29, 1.82) is 0 Å². The molecular formula is C13H23N3O3. The standard InChI is InChI=1S/C13H23N3O3/c1-3-7-19-12-10-11(2)15-13(16-12)14-5-4-8-18-9-6-17/h10,17H,3-9H2,1-2H3,(H,14,15,16). The lowest BCUT2D eigenvalue weighted by atomic mass is 10.4. The van der Waals surface area contributed by atoms with Crippen LogP contribution in [0.15, 0.2) is 6.07 Å². The van der Waals surface area contributed by atoms with Crippen LogP contribution in [0.5, 0.6) is 5.88 Å². The monoisotopic (exact) mass is 269 g/mol. The van der Waals surface area contributed by atoms with Crippen molar-refractivity contribution in [3.05, 3.63) is 11.8 Å². The SMILES string of the molecule is CCCOc1cc(C)nc(NCCCOCCO)n1. The molecule has 1 heterocycles. The first-order valence-corrected chi connectivity index (χ1v) is 6.67. The van der Waals surface area contributed by atoms with E-state index in [1.165, 1.54) is 0 Å². The van der Waals surface area contributed by atoms with Gasteiger partial charge in [0.25, 0.3) is 0 Å². The molecule has 0 spiro atoms. The number of ether oxygens (including phenoxy) is 2. The molecule has 19 heavy (non-hydrogen) atoms. The second-order valence-corrected chi connectivity index (χ2v) is 4.14. The normalized spacial score (nSPS) is 10.5. The summed E-state index contributed by atoms with van der Waals surface area (Å²) in [6.45, 7) is 6.41. The molecule has 0 aliphatic heterocycles. The molecule has 0 radical (unpaired) electrons. The molecule has 0 saturated carbocycles. The fraction of sp³-hybridized carbons (Fsp3) is 0.692. The number of hydrogen-bond donors (Lipinski definition) is 2. The van der Waals surface area contributed by atoms with Gasteiger partial charge in [0.1, 0.15) is 0 Å². The number of nitrogens with one attached hydrogen (secondary N) is 1. The van der Waals surface area contributed by atoms with E-state index in [1.54, 1.807) is 0 Å². The molecule has 0 atom stereocenters. The summed E-state index contributed by atoms with van der Waals surface area (Å²) in [6.07, 6.45) is 1.79. The van der Waals surface area contributed by atoms with Crippen molar-refractivity contribution >= 4 is 5.95 Å². The van der Waals surface area contributed by atoms with Crippen LogP contribution in [0.4, 0.5) is 5.95 Å². The Morgan fingerprint density at radius 3 is 2.84 bits per heavy atom. The molecule has 0 fully saturated rings. The van der Waals surface area contributed by atoms with Gasteiger partial charge in [0.05, 0.1) is 19.8 Å². The Morgan fingerprint density at radius 2 is 2.11 bits per heavy atom. The summed E-state index contributed by atoms with van der Waals surface area (Å²) in [5.74, 6) is 1.18. The fourth-order valence-electron chi connectivity index (χ4n) is 1.44. The summed E-state index contributed by atoms with van der Waals surface area (Å²) in [5.41, 5.74) is 0.875. The summed E-state index contributed by atoms with van der Waals surface area (Å²) < 4.78 is 10.7. The van der Waals surface area contributed by atoms with Crippen molar-refractivity contribution in [1.82, 2.24) is 9.97 Å². The summed E-state index contributed by atoms with van der Waals surface area (Å²) in [6, 6.07) is 1.82. The maximum absolute atomic E-state index is 8.56. The highest BCUT2D eigenvalue weighted by Crippen LogP contribution is 2.12. The number of aliphatic hydroxyl groups excluding tert-OH is 1. The van der Waals surface area contributed by atoms with Crippen LogP contribution >= 0.6 is 0 Å². The zero-order valence-electron chi connectivity index (χ0n) is 11.7. The lowest BCUT2D eigenvalue weighted by Gasteiger charge is -2.09. The van der Waals surface area contributed by atoms with Crippen LogP contribution in [-0.4, -0.2) is 48.0 Å². The number of aliphatic hydroxyl groups is 1. The second kappa shape index (κ2) is 9.52. The minimum absolute atomic E-state index is 0.0621. The summed E-state index contributed by atoms with van der Waals surface area (Å²) >= 11 is 0. The van der Waals surface area contributed by atoms with E-state index in [-0.39, 0.29) is 6.61 Å². The number of anilines is 1. The van der Waals surface area contributed by atoms with Crippen LogP contribution in [0, 0.1) is 6.92 Å². The van der Waals surface area contributed by atoms with Gasteiger partial charge < -0.3 is 19.9 Å². The van der Waals surface area contributed by atoms with E-state index >= 15 is 0 Å². The van der Waals surface area contributed by atoms with Gasteiger partial charge in [-0.3, -0.25) is 0 Å². The quantitative estimate of drug-likeness (QED) is 0.625. The third-order valence-electron chi connectivity index (χ3n) is 2.27. The lowest BCUT2D eigenvalue weighted by molar-refractivity contribution is 0.0921. The molecule has 0 aromatic carbocycles. The van der Waals surface area contributed by atoms with Crippen molar-refractivity contribution < 1.29 is 14.6 Å². The number of nitrogens with zero attached hydrogens (tertiary/aromatic N) is 2. The maximum atomic E-state index is 8.56. The van der Waals surface area contributed by atoms with Gasteiger partial charge in [0.2, 0.25) is 11.8 Å². The van der Waals surface area contributed by atoms with Crippen LogP contribution in [-0.2, 0) is 4.74 Å². The molecule has 0 unspecified atom stereocenters. The molecule has 0 aliphatic rings. The van der Waals surface area contributed by atoms with Gasteiger partial charge in [-0.05, 0) is 19.8 Å². The molecule has 1 aromatic rings. The number of aromatic nitrogens is 2. The van der Waals surface area contributed by atoms with Gasteiger partial charge in [0, 0.05) is 24.9 Å². The van der Waals surface area contributed by atoms with Gasteiger partial charge in [-0.2, -0.15) is 4.98 Å². The second-order valence-electron chi connectivity index (χ2n) is 4.14. The Balaban J connectivity index is 2.34. The predicted molar refractivity (Wildman–Crippen MR) is 73.6 cm³/mol. The van der Waals surface area contributed by atoms with Crippen LogP contribution in [0.3, 0.4) is 0 Å². The van der Waals surface area contributed by atoms with E-state index in [9.17, 15) is 0 Å². The first kappa shape index (κ1) is 15.7. The molecular weight excluding hydrogens is 246 g/mol. The molecule has 0 bridgehead atoms. The first-order chi connectivity index (χ1) is 9.26. The van der Waals surface area contributed by atoms with Crippen molar-refractivity contribution in [2.45, 2.75) is 26.7 Å². The molecule has 1 aromatic heterocycles. The van der Waals surface area contributed by atoms with Gasteiger partial charge in [-0.15, -0.1) is 0 Å². The van der Waals surface area contributed by atoms with Crippen LogP contribution in [0.1, 0.15) is 25.5 Å². The minimum Gasteiger partial charge on any atom is -0.478 e. The zero-order valence-corrected chi connectivity index (χ0v) is 11.7.